The number of nitriles is 1. The SMILES string of the molecule is CCN(CCCNc1c(C#N)c(=O)n(C)c(=O)n1C)C(=O)OC(C)(C)C. The van der Waals surface area contributed by atoms with Crippen molar-refractivity contribution in [2.45, 2.75) is 39.7 Å². The maximum absolute atomic E-state index is 12.1. The highest BCUT2D eigenvalue weighted by molar-refractivity contribution is 5.68. The number of nitrogens with one attached hydrogen (secondary N) is 1. The van der Waals surface area contributed by atoms with Crippen LogP contribution in [0.5, 0.6) is 0 Å². The Kier molecular flexibility index (Phi) is 7.01. The number of amides is 1. The van der Waals surface area contributed by atoms with Gasteiger partial charge >= 0.3 is 11.8 Å². The lowest BCUT2D eigenvalue weighted by Crippen LogP contribution is -2.40. The van der Waals surface area contributed by atoms with Crippen LogP contribution in [0.15, 0.2) is 9.59 Å². The highest BCUT2D eigenvalue weighted by atomic mass is 16.6. The average molecular weight is 365 g/mol. The highest BCUT2D eigenvalue weighted by Crippen LogP contribution is 2.11. The number of nitrogens with zero attached hydrogens (tertiary/aromatic N) is 4. The van der Waals surface area contributed by atoms with Gasteiger partial charge in [0.2, 0.25) is 0 Å². The van der Waals surface area contributed by atoms with Crippen molar-refractivity contribution < 1.29 is 9.53 Å². The molecule has 0 unspecified atom stereocenters. The molecule has 0 aromatic carbocycles. The zero-order valence-corrected chi connectivity index (χ0v) is 16.3. The molecule has 0 spiro atoms. The zero-order chi connectivity index (χ0) is 20.1. The first-order valence-electron chi connectivity index (χ1n) is 8.45. The molecule has 0 aliphatic rings. The van der Waals surface area contributed by atoms with E-state index in [1.165, 1.54) is 18.7 Å². The summed E-state index contributed by atoms with van der Waals surface area (Å²) in [4.78, 5) is 37.7. The molecule has 0 saturated carbocycles. The summed E-state index contributed by atoms with van der Waals surface area (Å²) in [5.41, 5.74) is -1.83. The van der Waals surface area contributed by atoms with E-state index >= 15 is 0 Å². The topological polar surface area (TPSA) is 109 Å². The molecule has 0 radical (unpaired) electrons. The summed E-state index contributed by atoms with van der Waals surface area (Å²) in [6.07, 6.45) is 0.167. The standard InChI is InChI=1S/C17H27N5O4/c1-7-22(16(25)26-17(2,3)4)10-8-9-19-13-12(11-18)14(23)21(6)15(24)20(13)5/h19H,7-10H2,1-6H3. The fraction of sp³-hybridized carbons (Fsp3) is 0.647. The smallest absolute Gasteiger partial charge is 0.410 e. The van der Waals surface area contributed by atoms with Gasteiger partial charge in [-0.2, -0.15) is 5.26 Å². The molecule has 1 amide bonds. The molecule has 0 aliphatic heterocycles. The van der Waals surface area contributed by atoms with Crippen LogP contribution in [0.1, 0.15) is 39.7 Å². The Balaban J connectivity index is 2.78. The van der Waals surface area contributed by atoms with Crippen LogP contribution < -0.4 is 16.6 Å². The number of hydrogen-bond donors (Lipinski definition) is 1. The minimum Gasteiger partial charge on any atom is -0.444 e. The van der Waals surface area contributed by atoms with Gasteiger partial charge in [0.25, 0.3) is 5.56 Å². The normalized spacial score (nSPS) is 11.0. The molecule has 9 heteroatoms. The minimum absolute atomic E-state index is 0.117. The molecule has 144 valence electrons. The predicted octanol–water partition coefficient (Wildman–Crippen LogP) is 1.01. The van der Waals surface area contributed by atoms with Gasteiger partial charge in [-0.3, -0.25) is 13.9 Å². The van der Waals surface area contributed by atoms with Gasteiger partial charge in [0.1, 0.15) is 17.5 Å². The third-order valence-corrected chi connectivity index (χ3v) is 3.71. The van der Waals surface area contributed by atoms with Crippen molar-refractivity contribution in [3.8, 4) is 6.07 Å². The van der Waals surface area contributed by atoms with Gasteiger partial charge in [0.15, 0.2) is 5.56 Å². The van der Waals surface area contributed by atoms with Gasteiger partial charge in [-0.15, -0.1) is 0 Å². The van der Waals surface area contributed by atoms with Crippen LogP contribution in [-0.2, 0) is 18.8 Å². The Labute approximate surface area is 152 Å². The highest BCUT2D eigenvalue weighted by Gasteiger charge is 2.21. The van der Waals surface area contributed by atoms with Gasteiger partial charge in [-0.25, -0.2) is 9.59 Å². The Morgan fingerprint density at radius 3 is 2.38 bits per heavy atom. The Hall–Kier alpha value is -2.76. The largest absolute Gasteiger partial charge is 0.444 e. The van der Waals surface area contributed by atoms with Crippen LogP contribution in [-0.4, -0.2) is 45.4 Å². The van der Waals surface area contributed by atoms with Crippen LogP contribution in [0, 0.1) is 11.3 Å². The third kappa shape index (κ3) is 5.12. The number of ether oxygens (including phenoxy) is 1. The summed E-state index contributed by atoms with van der Waals surface area (Å²) in [7, 11) is 2.82. The number of rotatable bonds is 6. The summed E-state index contributed by atoms with van der Waals surface area (Å²) >= 11 is 0. The lowest BCUT2D eigenvalue weighted by Gasteiger charge is -2.26. The van der Waals surface area contributed by atoms with Crippen molar-refractivity contribution in [3.63, 3.8) is 0 Å². The number of carbonyl (C=O) groups excluding carboxylic acids is 1. The molecular weight excluding hydrogens is 338 g/mol. The van der Waals surface area contributed by atoms with Crippen LogP contribution in [0.3, 0.4) is 0 Å². The molecule has 26 heavy (non-hydrogen) atoms. The van der Waals surface area contributed by atoms with E-state index in [4.69, 9.17) is 4.74 Å². The minimum atomic E-state index is -0.637. The zero-order valence-electron chi connectivity index (χ0n) is 16.3. The predicted molar refractivity (Wildman–Crippen MR) is 98.2 cm³/mol. The van der Waals surface area contributed by atoms with E-state index in [-0.39, 0.29) is 11.4 Å². The Bertz CT molecular complexity index is 811. The van der Waals surface area contributed by atoms with Crippen molar-refractivity contribution >= 4 is 11.9 Å². The third-order valence-electron chi connectivity index (χ3n) is 3.71. The quantitative estimate of drug-likeness (QED) is 0.754. The van der Waals surface area contributed by atoms with Crippen molar-refractivity contribution in [3.05, 3.63) is 26.4 Å². The van der Waals surface area contributed by atoms with Crippen LogP contribution in [0.25, 0.3) is 0 Å². The summed E-state index contributed by atoms with van der Waals surface area (Å²) < 4.78 is 7.46. The maximum Gasteiger partial charge on any atom is 0.410 e. The Morgan fingerprint density at radius 2 is 1.88 bits per heavy atom. The molecule has 1 heterocycles. The molecule has 0 saturated heterocycles. The molecule has 1 rings (SSSR count). The summed E-state index contributed by atoms with van der Waals surface area (Å²) in [5.74, 6) is 0.181. The number of carbonyl (C=O) groups is 1. The first-order chi connectivity index (χ1) is 12.0. The van der Waals surface area contributed by atoms with Crippen LogP contribution >= 0.6 is 0 Å². The van der Waals surface area contributed by atoms with E-state index in [9.17, 15) is 19.6 Å². The van der Waals surface area contributed by atoms with Crippen molar-refractivity contribution in [1.29, 1.82) is 5.26 Å². The average Bonchev–Trinajstić information content (AvgIpc) is 2.55. The number of hydrogen-bond acceptors (Lipinski definition) is 6. The summed E-state index contributed by atoms with van der Waals surface area (Å²) in [6, 6.07) is 1.84. The van der Waals surface area contributed by atoms with E-state index in [1.54, 1.807) is 25.7 Å². The fourth-order valence-corrected chi connectivity index (χ4v) is 2.33. The second kappa shape index (κ2) is 8.56. The monoisotopic (exact) mass is 365 g/mol. The number of anilines is 1. The van der Waals surface area contributed by atoms with E-state index < -0.39 is 22.9 Å². The lowest BCUT2D eigenvalue weighted by molar-refractivity contribution is 0.0260. The van der Waals surface area contributed by atoms with Crippen LogP contribution in [0.2, 0.25) is 0 Å². The van der Waals surface area contributed by atoms with Crippen molar-refractivity contribution in [2.24, 2.45) is 14.1 Å². The van der Waals surface area contributed by atoms with E-state index in [0.717, 1.165) is 4.57 Å². The molecule has 0 fully saturated rings. The molecule has 1 aromatic heterocycles. The van der Waals surface area contributed by atoms with E-state index in [1.807, 2.05) is 13.0 Å². The van der Waals surface area contributed by atoms with Gasteiger partial charge < -0.3 is 15.0 Å². The summed E-state index contributed by atoms with van der Waals surface area (Å²) in [5, 5.41) is 12.2. The first-order valence-corrected chi connectivity index (χ1v) is 8.45. The lowest BCUT2D eigenvalue weighted by atomic mass is 10.2. The van der Waals surface area contributed by atoms with Gasteiger partial charge in [0.05, 0.1) is 0 Å². The molecule has 0 atom stereocenters. The first kappa shape index (κ1) is 21.3. The molecular formula is C17H27N5O4. The molecule has 1 N–H and O–H groups in total. The van der Waals surface area contributed by atoms with E-state index in [2.05, 4.69) is 5.32 Å². The maximum atomic E-state index is 12.1. The van der Waals surface area contributed by atoms with Gasteiger partial charge in [0, 0.05) is 33.7 Å². The van der Waals surface area contributed by atoms with Gasteiger partial charge in [-0.1, -0.05) is 0 Å². The van der Waals surface area contributed by atoms with E-state index in [0.29, 0.717) is 26.1 Å². The molecule has 0 aliphatic carbocycles. The summed E-state index contributed by atoms with van der Waals surface area (Å²) in [6.45, 7) is 8.60. The molecule has 1 aromatic rings. The van der Waals surface area contributed by atoms with Crippen molar-refractivity contribution in [2.75, 3.05) is 25.0 Å². The fourth-order valence-electron chi connectivity index (χ4n) is 2.33. The molecule has 0 bridgehead atoms. The second-order valence-corrected chi connectivity index (χ2v) is 6.88. The number of aromatic nitrogens is 2. The molecule has 9 nitrogen and oxygen atoms in total. The second-order valence-electron chi connectivity index (χ2n) is 6.88. The van der Waals surface area contributed by atoms with Gasteiger partial charge in [-0.05, 0) is 34.1 Å². The van der Waals surface area contributed by atoms with Crippen molar-refractivity contribution in [1.82, 2.24) is 14.0 Å². The Morgan fingerprint density at radius 1 is 1.27 bits per heavy atom. The van der Waals surface area contributed by atoms with Crippen LogP contribution in [0.4, 0.5) is 10.6 Å².